The molecule has 2 nitrogen and oxygen atoms in total. The summed E-state index contributed by atoms with van der Waals surface area (Å²) < 4.78 is 15.7. The van der Waals surface area contributed by atoms with Crippen molar-refractivity contribution >= 4 is 27.5 Å². The highest BCUT2D eigenvalue weighted by Crippen LogP contribution is 2.16. The first-order chi connectivity index (χ1) is 7.15. The van der Waals surface area contributed by atoms with Crippen molar-refractivity contribution in [3.05, 3.63) is 51.5 Å². The van der Waals surface area contributed by atoms with Crippen molar-refractivity contribution < 1.29 is 4.39 Å². The third-order valence-corrected chi connectivity index (χ3v) is 2.61. The Morgan fingerprint density at radius 1 is 1.40 bits per heavy atom. The van der Waals surface area contributed by atoms with Gasteiger partial charge in [-0.15, -0.1) is 0 Å². The maximum Gasteiger partial charge on any atom is 0.128 e. The van der Waals surface area contributed by atoms with Gasteiger partial charge in [0, 0.05) is 16.8 Å². The summed E-state index contributed by atoms with van der Waals surface area (Å²) >= 11 is 9.01. The maximum atomic E-state index is 13.4. The van der Waals surface area contributed by atoms with Crippen molar-refractivity contribution in [3.8, 4) is 0 Å². The Hall–Kier alpha value is -0.870. The highest BCUT2D eigenvalue weighted by molar-refractivity contribution is 9.10. The van der Waals surface area contributed by atoms with E-state index in [9.17, 15) is 4.39 Å². The van der Waals surface area contributed by atoms with E-state index < -0.39 is 0 Å². The van der Waals surface area contributed by atoms with Crippen molar-refractivity contribution in [3.63, 3.8) is 0 Å². The Labute approximate surface area is 99.8 Å². The fourth-order valence-corrected chi connectivity index (χ4v) is 1.78. The molecule has 2 aromatic rings. The molecule has 15 heavy (non-hydrogen) atoms. The van der Waals surface area contributed by atoms with E-state index >= 15 is 0 Å². The second-order valence-electron chi connectivity index (χ2n) is 3.07. The molecule has 0 amide bonds. The number of hydrogen-bond donors (Lipinski definition) is 0. The van der Waals surface area contributed by atoms with Crippen LogP contribution in [0.3, 0.4) is 0 Å². The van der Waals surface area contributed by atoms with Gasteiger partial charge in [-0.2, -0.15) is 5.10 Å². The van der Waals surface area contributed by atoms with Crippen LogP contribution < -0.4 is 0 Å². The number of hydrogen-bond acceptors (Lipinski definition) is 1. The Kier molecular flexibility index (Phi) is 3.07. The minimum absolute atomic E-state index is 0.272. The van der Waals surface area contributed by atoms with E-state index in [0.717, 1.165) is 4.60 Å². The molecule has 1 heterocycles. The quantitative estimate of drug-likeness (QED) is 0.827. The van der Waals surface area contributed by atoms with Crippen LogP contribution in [0.2, 0.25) is 5.02 Å². The Morgan fingerprint density at radius 2 is 2.20 bits per heavy atom. The lowest BCUT2D eigenvalue weighted by atomic mass is 10.2. The molecule has 1 aromatic carbocycles. The zero-order valence-corrected chi connectivity index (χ0v) is 9.96. The van der Waals surface area contributed by atoms with Crippen molar-refractivity contribution in [1.82, 2.24) is 9.78 Å². The van der Waals surface area contributed by atoms with Crippen LogP contribution in [0.5, 0.6) is 0 Å². The highest BCUT2D eigenvalue weighted by Gasteiger charge is 2.04. The molecule has 0 N–H and O–H groups in total. The molecule has 0 radical (unpaired) electrons. The van der Waals surface area contributed by atoms with Gasteiger partial charge >= 0.3 is 0 Å². The number of aromatic nitrogens is 2. The Balaban J connectivity index is 2.27. The minimum atomic E-state index is -0.272. The fourth-order valence-electron chi connectivity index (χ4n) is 1.26. The summed E-state index contributed by atoms with van der Waals surface area (Å²) in [6.45, 7) is 0.373. The monoisotopic (exact) mass is 288 g/mol. The predicted molar refractivity (Wildman–Crippen MR) is 60.4 cm³/mol. The van der Waals surface area contributed by atoms with Gasteiger partial charge in [0.15, 0.2) is 0 Å². The second kappa shape index (κ2) is 4.33. The van der Waals surface area contributed by atoms with E-state index in [0.29, 0.717) is 17.1 Å². The van der Waals surface area contributed by atoms with Gasteiger partial charge in [-0.1, -0.05) is 11.6 Å². The molecule has 0 atom stereocenters. The van der Waals surface area contributed by atoms with Crippen molar-refractivity contribution in [2.75, 3.05) is 0 Å². The van der Waals surface area contributed by atoms with Crippen LogP contribution in [0, 0.1) is 5.82 Å². The number of rotatable bonds is 2. The van der Waals surface area contributed by atoms with Crippen LogP contribution in [-0.4, -0.2) is 9.78 Å². The lowest BCUT2D eigenvalue weighted by Gasteiger charge is -2.03. The lowest BCUT2D eigenvalue weighted by molar-refractivity contribution is 0.584. The van der Waals surface area contributed by atoms with Gasteiger partial charge in [0.05, 0.1) is 6.54 Å². The van der Waals surface area contributed by atoms with Crippen LogP contribution >= 0.6 is 27.5 Å². The summed E-state index contributed by atoms with van der Waals surface area (Å²) in [6.07, 6.45) is 1.77. The minimum Gasteiger partial charge on any atom is -0.267 e. The van der Waals surface area contributed by atoms with Gasteiger partial charge < -0.3 is 0 Å². The molecule has 0 fully saturated rings. The first-order valence-electron chi connectivity index (χ1n) is 4.28. The zero-order chi connectivity index (χ0) is 10.8. The van der Waals surface area contributed by atoms with E-state index in [2.05, 4.69) is 21.0 Å². The molecule has 1 aromatic heterocycles. The van der Waals surface area contributed by atoms with Crippen LogP contribution in [0.15, 0.2) is 35.1 Å². The van der Waals surface area contributed by atoms with Crippen molar-refractivity contribution in [2.24, 2.45) is 0 Å². The van der Waals surface area contributed by atoms with Gasteiger partial charge in [0.1, 0.15) is 10.4 Å². The van der Waals surface area contributed by atoms with E-state index in [1.165, 1.54) is 12.1 Å². The van der Waals surface area contributed by atoms with E-state index in [-0.39, 0.29) is 5.82 Å². The molecule has 0 spiro atoms. The van der Waals surface area contributed by atoms with E-state index in [4.69, 9.17) is 11.6 Å². The topological polar surface area (TPSA) is 17.8 Å². The normalized spacial score (nSPS) is 10.6. The standard InChI is InChI=1S/C10H7BrClFN2/c11-10-3-4-15(14-10)6-7-5-8(12)1-2-9(7)13/h1-5H,6H2. The molecule has 0 unspecified atom stereocenters. The van der Waals surface area contributed by atoms with E-state index in [1.54, 1.807) is 23.0 Å². The molecule has 5 heteroatoms. The van der Waals surface area contributed by atoms with Gasteiger partial charge in [-0.25, -0.2) is 4.39 Å². The molecule has 0 saturated carbocycles. The van der Waals surface area contributed by atoms with E-state index in [1.807, 2.05) is 0 Å². The average molecular weight is 290 g/mol. The molecular formula is C10H7BrClFN2. The second-order valence-corrected chi connectivity index (χ2v) is 4.32. The molecule has 78 valence electrons. The summed E-state index contributed by atoms with van der Waals surface area (Å²) in [5, 5.41) is 4.63. The molecule has 2 rings (SSSR count). The number of benzene rings is 1. The van der Waals surface area contributed by atoms with Crippen LogP contribution in [-0.2, 0) is 6.54 Å². The summed E-state index contributed by atoms with van der Waals surface area (Å²) in [6, 6.07) is 6.28. The third-order valence-electron chi connectivity index (χ3n) is 1.95. The highest BCUT2D eigenvalue weighted by atomic mass is 79.9. The van der Waals surface area contributed by atoms with Crippen LogP contribution in [0.25, 0.3) is 0 Å². The summed E-state index contributed by atoms with van der Waals surface area (Å²) in [5.41, 5.74) is 0.526. The number of halogens is 3. The molecule has 0 aliphatic heterocycles. The third kappa shape index (κ3) is 2.58. The maximum absolute atomic E-state index is 13.4. The SMILES string of the molecule is Fc1ccc(Cl)cc1Cn1ccc(Br)n1. The van der Waals surface area contributed by atoms with Gasteiger partial charge in [-0.3, -0.25) is 4.68 Å². The smallest absolute Gasteiger partial charge is 0.128 e. The van der Waals surface area contributed by atoms with Gasteiger partial charge in [-0.05, 0) is 40.2 Å². The molecule has 0 saturated heterocycles. The number of nitrogens with zero attached hydrogens (tertiary/aromatic N) is 2. The fraction of sp³-hybridized carbons (Fsp3) is 0.100. The average Bonchev–Trinajstić information content (AvgIpc) is 2.58. The Bertz CT molecular complexity index is 484. The van der Waals surface area contributed by atoms with Crippen molar-refractivity contribution in [1.29, 1.82) is 0 Å². The van der Waals surface area contributed by atoms with Gasteiger partial charge in [0.25, 0.3) is 0 Å². The largest absolute Gasteiger partial charge is 0.267 e. The summed E-state index contributed by atoms with van der Waals surface area (Å²) in [4.78, 5) is 0. The summed E-state index contributed by atoms with van der Waals surface area (Å²) in [7, 11) is 0. The van der Waals surface area contributed by atoms with Crippen LogP contribution in [0.1, 0.15) is 5.56 Å². The first kappa shape index (κ1) is 10.6. The molecule has 0 aliphatic rings. The van der Waals surface area contributed by atoms with Gasteiger partial charge in [0.2, 0.25) is 0 Å². The molecule has 0 aliphatic carbocycles. The molecular weight excluding hydrogens is 282 g/mol. The first-order valence-corrected chi connectivity index (χ1v) is 5.45. The molecule has 0 bridgehead atoms. The predicted octanol–water partition coefficient (Wildman–Crippen LogP) is 3.49. The Morgan fingerprint density at radius 3 is 2.87 bits per heavy atom. The zero-order valence-electron chi connectivity index (χ0n) is 7.62. The summed E-state index contributed by atoms with van der Waals surface area (Å²) in [5.74, 6) is -0.272. The van der Waals surface area contributed by atoms with Crippen molar-refractivity contribution in [2.45, 2.75) is 6.54 Å². The lowest BCUT2D eigenvalue weighted by Crippen LogP contribution is -2.02. The van der Waals surface area contributed by atoms with Crippen LogP contribution in [0.4, 0.5) is 4.39 Å².